The average molecular weight is 778 g/mol. The van der Waals surface area contributed by atoms with Crippen LogP contribution in [0.25, 0.3) is 66.1 Å². The highest BCUT2D eigenvalue weighted by molar-refractivity contribution is 6.14. The number of benzene rings is 10. The summed E-state index contributed by atoms with van der Waals surface area (Å²) in [4.78, 5) is 2.51. The second kappa shape index (κ2) is 14.1. The van der Waals surface area contributed by atoms with Gasteiger partial charge in [-0.25, -0.2) is 0 Å². The normalized spacial score (nSPS) is 12.7. The van der Waals surface area contributed by atoms with Crippen molar-refractivity contribution in [3.05, 3.63) is 259 Å². The molecule has 2 heteroatoms. The molecule has 0 saturated heterocycles. The number of hydrogen-bond donors (Lipinski definition) is 0. The van der Waals surface area contributed by atoms with E-state index in [0.717, 1.165) is 61.3 Å². The van der Waals surface area contributed by atoms with Gasteiger partial charge in [-0.15, -0.1) is 0 Å². The molecule has 0 spiro atoms. The third-order valence-electron chi connectivity index (χ3n) is 12.7. The van der Waals surface area contributed by atoms with Crippen molar-refractivity contribution in [1.82, 2.24) is 0 Å². The van der Waals surface area contributed by atoms with Crippen molar-refractivity contribution in [2.24, 2.45) is 0 Å². The lowest BCUT2D eigenvalue weighted by molar-refractivity contribution is 0.670. The fraction of sp³-hybridized carbons (Fsp3) is 0.0169. The van der Waals surface area contributed by atoms with Crippen LogP contribution in [-0.4, -0.2) is 0 Å². The van der Waals surface area contributed by atoms with Crippen LogP contribution in [0.5, 0.6) is 0 Å². The fourth-order valence-electron chi connectivity index (χ4n) is 10.2. The summed E-state index contributed by atoms with van der Waals surface area (Å²) in [5.41, 5.74) is 16.4. The van der Waals surface area contributed by atoms with Gasteiger partial charge in [0, 0.05) is 33.0 Å². The van der Waals surface area contributed by atoms with Crippen molar-refractivity contribution in [2.75, 3.05) is 4.90 Å². The molecule has 0 saturated carbocycles. The molecule has 61 heavy (non-hydrogen) atoms. The Hall–Kier alpha value is -7.94. The minimum absolute atomic E-state index is 0.544. The first-order valence-electron chi connectivity index (χ1n) is 21.0. The van der Waals surface area contributed by atoms with Crippen molar-refractivity contribution in [3.8, 4) is 33.4 Å². The van der Waals surface area contributed by atoms with Crippen LogP contribution in [0, 0.1) is 0 Å². The molecule has 0 unspecified atom stereocenters. The van der Waals surface area contributed by atoms with Gasteiger partial charge in [-0.1, -0.05) is 206 Å². The fourth-order valence-corrected chi connectivity index (χ4v) is 10.2. The summed E-state index contributed by atoms with van der Waals surface area (Å²) in [7, 11) is 0. The maximum Gasteiger partial charge on any atom is 0.143 e. The molecule has 1 aromatic heterocycles. The highest BCUT2D eigenvalue weighted by atomic mass is 16.3. The molecule has 0 amide bonds. The SMILES string of the molecule is c1ccc(-c2ccccc2N(c2ccccc2-c2cccc3c2oc2cc4ccccc4cc23)c2cccc3c2-c2ccccc2C3(c2ccccc2)c2ccccc2)cc1. The molecule has 12 rings (SSSR count). The van der Waals surface area contributed by atoms with E-state index in [2.05, 4.69) is 241 Å². The van der Waals surface area contributed by atoms with Gasteiger partial charge in [-0.3, -0.25) is 0 Å². The number of hydrogen-bond acceptors (Lipinski definition) is 2. The quantitative estimate of drug-likeness (QED) is 0.160. The first-order chi connectivity index (χ1) is 30.3. The lowest BCUT2D eigenvalue weighted by atomic mass is 9.68. The minimum atomic E-state index is -0.544. The lowest BCUT2D eigenvalue weighted by Crippen LogP contribution is -2.28. The molecule has 286 valence electrons. The molecule has 0 N–H and O–H groups in total. The molecule has 2 nitrogen and oxygen atoms in total. The van der Waals surface area contributed by atoms with Crippen LogP contribution in [0.1, 0.15) is 22.3 Å². The third-order valence-corrected chi connectivity index (χ3v) is 12.7. The zero-order valence-corrected chi connectivity index (χ0v) is 33.4. The van der Waals surface area contributed by atoms with Crippen molar-refractivity contribution in [1.29, 1.82) is 0 Å². The van der Waals surface area contributed by atoms with E-state index in [-0.39, 0.29) is 0 Å². The molecule has 0 atom stereocenters. The maximum atomic E-state index is 6.91. The van der Waals surface area contributed by atoms with Gasteiger partial charge in [0.2, 0.25) is 0 Å². The van der Waals surface area contributed by atoms with Crippen molar-refractivity contribution in [2.45, 2.75) is 5.41 Å². The molecule has 0 radical (unpaired) electrons. The number of nitrogens with zero attached hydrogens (tertiary/aromatic N) is 1. The predicted octanol–water partition coefficient (Wildman–Crippen LogP) is 15.9. The summed E-state index contributed by atoms with van der Waals surface area (Å²) < 4.78 is 6.91. The zero-order chi connectivity index (χ0) is 40.3. The van der Waals surface area contributed by atoms with E-state index < -0.39 is 5.41 Å². The van der Waals surface area contributed by atoms with Crippen LogP contribution in [0.4, 0.5) is 17.1 Å². The second-order valence-electron chi connectivity index (χ2n) is 15.9. The van der Waals surface area contributed by atoms with Gasteiger partial charge in [-0.05, 0) is 74.5 Å². The topological polar surface area (TPSA) is 16.4 Å². The predicted molar refractivity (Wildman–Crippen MR) is 254 cm³/mol. The molecule has 0 fully saturated rings. The number of para-hydroxylation sites is 3. The van der Waals surface area contributed by atoms with Gasteiger partial charge < -0.3 is 9.32 Å². The Morgan fingerprint density at radius 2 is 0.852 bits per heavy atom. The van der Waals surface area contributed by atoms with Gasteiger partial charge in [0.05, 0.1) is 22.5 Å². The van der Waals surface area contributed by atoms with Crippen molar-refractivity contribution >= 4 is 49.8 Å². The maximum absolute atomic E-state index is 6.91. The van der Waals surface area contributed by atoms with E-state index in [1.807, 2.05) is 0 Å². The van der Waals surface area contributed by atoms with Crippen LogP contribution < -0.4 is 4.90 Å². The van der Waals surface area contributed by atoms with E-state index in [4.69, 9.17) is 4.42 Å². The number of fused-ring (bicyclic) bond motifs is 7. The molecule has 11 aromatic rings. The summed E-state index contributed by atoms with van der Waals surface area (Å²) in [6, 6.07) is 86.0. The van der Waals surface area contributed by atoms with Gasteiger partial charge in [-0.2, -0.15) is 0 Å². The summed E-state index contributed by atoms with van der Waals surface area (Å²) >= 11 is 0. The molecule has 1 aliphatic carbocycles. The highest BCUT2D eigenvalue weighted by Crippen LogP contribution is 2.60. The van der Waals surface area contributed by atoms with Gasteiger partial charge >= 0.3 is 0 Å². The monoisotopic (exact) mass is 777 g/mol. The van der Waals surface area contributed by atoms with Crippen LogP contribution in [0.3, 0.4) is 0 Å². The molecular formula is C59H39NO. The van der Waals surface area contributed by atoms with Crippen LogP contribution in [-0.2, 0) is 5.41 Å². The Morgan fingerprint density at radius 3 is 1.57 bits per heavy atom. The van der Waals surface area contributed by atoms with Gasteiger partial charge in [0.15, 0.2) is 0 Å². The van der Waals surface area contributed by atoms with E-state index in [1.54, 1.807) is 0 Å². The van der Waals surface area contributed by atoms with Crippen molar-refractivity contribution in [3.63, 3.8) is 0 Å². The summed E-state index contributed by atoms with van der Waals surface area (Å²) in [6.07, 6.45) is 0. The summed E-state index contributed by atoms with van der Waals surface area (Å²) in [5.74, 6) is 0. The third kappa shape index (κ3) is 5.36. The van der Waals surface area contributed by atoms with E-state index in [9.17, 15) is 0 Å². The molecular weight excluding hydrogens is 739 g/mol. The first-order valence-corrected chi connectivity index (χ1v) is 21.0. The second-order valence-corrected chi connectivity index (χ2v) is 15.9. The Balaban J connectivity index is 1.18. The summed E-state index contributed by atoms with van der Waals surface area (Å²) in [5, 5.41) is 4.59. The van der Waals surface area contributed by atoms with Crippen LogP contribution in [0.2, 0.25) is 0 Å². The largest absolute Gasteiger partial charge is 0.455 e. The van der Waals surface area contributed by atoms with Gasteiger partial charge in [0.1, 0.15) is 11.2 Å². The van der Waals surface area contributed by atoms with E-state index >= 15 is 0 Å². The van der Waals surface area contributed by atoms with E-state index in [0.29, 0.717) is 0 Å². The smallest absolute Gasteiger partial charge is 0.143 e. The minimum Gasteiger partial charge on any atom is -0.455 e. The Morgan fingerprint density at radius 1 is 0.344 bits per heavy atom. The Labute approximate surface area is 355 Å². The van der Waals surface area contributed by atoms with Crippen LogP contribution >= 0.6 is 0 Å². The Kier molecular flexibility index (Phi) is 8.11. The van der Waals surface area contributed by atoms with Crippen LogP contribution in [0.15, 0.2) is 241 Å². The molecule has 0 bridgehead atoms. The lowest BCUT2D eigenvalue weighted by Gasteiger charge is -2.35. The molecule has 10 aromatic carbocycles. The molecule has 0 aliphatic heterocycles. The summed E-state index contributed by atoms with van der Waals surface area (Å²) in [6.45, 7) is 0. The number of rotatable bonds is 7. The average Bonchev–Trinajstić information content (AvgIpc) is 3.86. The standard InChI is InChI=1S/C59H39NO/c1-4-20-40(21-5-1)45-28-13-16-35-53(45)60(54-36-17-14-29-46(54)47-31-18-32-48-50-38-41-22-10-11-23-42(41)39-56(50)61-58(47)48)55-37-19-34-52-57(55)49-30-12-15-33-51(49)59(52,43-24-6-2-7-25-43)44-26-8-3-9-27-44/h1-39H. The number of anilines is 3. The first kappa shape index (κ1) is 35.0. The highest BCUT2D eigenvalue weighted by Gasteiger charge is 2.47. The zero-order valence-electron chi connectivity index (χ0n) is 33.4. The molecule has 1 aliphatic rings. The number of furan rings is 1. The molecule has 1 heterocycles. The van der Waals surface area contributed by atoms with Crippen molar-refractivity contribution < 1.29 is 4.42 Å². The van der Waals surface area contributed by atoms with E-state index in [1.165, 1.54) is 44.2 Å². The van der Waals surface area contributed by atoms with Gasteiger partial charge in [0.25, 0.3) is 0 Å². The Bertz CT molecular complexity index is 3380.